The predicted molar refractivity (Wildman–Crippen MR) is 130 cm³/mol. The van der Waals surface area contributed by atoms with E-state index in [0.717, 1.165) is 37.8 Å². The van der Waals surface area contributed by atoms with Crippen LogP contribution in [0, 0.1) is 0 Å². The van der Waals surface area contributed by atoms with Gasteiger partial charge in [-0.25, -0.2) is 4.79 Å². The molecular weight excluding hydrogens is 422 g/mol. The quantitative estimate of drug-likeness (QED) is 0.534. The summed E-state index contributed by atoms with van der Waals surface area (Å²) in [5.74, 6) is -0.298. The first-order chi connectivity index (χ1) is 15.9. The van der Waals surface area contributed by atoms with Gasteiger partial charge in [-0.1, -0.05) is 33.1 Å². The highest BCUT2D eigenvalue weighted by Gasteiger charge is 2.26. The minimum absolute atomic E-state index is 0.00123. The molecule has 33 heavy (non-hydrogen) atoms. The van der Waals surface area contributed by atoms with Gasteiger partial charge in [0.1, 0.15) is 5.82 Å². The van der Waals surface area contributed by atoms with Gasteiger partial charge in [0.05, 0.1) is 0 Å². The highest BCUT2D eigenvalue weighted by Crippen LogP contribution is 2.24. The first-order valence-corrected chi connectivity index (χ1v) is 11.7. The molecule has 0 unspecified atom stereocenters. The molecule has 1 aromatic carbocycles. The van der Waals surface area contributed by atoms with E-state index in [9.17, 15) is 19.2 Å². The van der Waals surface area contributed by atoms with Crippen LogP contribution in [-0.4, -0.2) is 34.5 Å². The van der Waals surface area contributed by atoms with Crippen molar-refractivity contribution >= 4 is 29.0 Å². The Morgan fingerprint density at radius 2 is 1.76 bits per heavy atom. The lowest BCUT2D eigenvalue weighted by Crippen LogP contribution is -2.41. The van der Waals surface area contributed by atoms with Gasteiger partial charge in [-0.05, 0) is 43.5 Å². The maximum Gasteiger partial charge on any atom is 0.330 e. The molecule has 0 atom stereocenters. The summed E-state index contributed by atoms with van der Waals surface area (Å²) in [6.45, 7) is 5.38. The number of amides is 2. The van der Waals surface area contributed by atoms with Crippen LogP contribution in [0.4, 0.5) is 17.2 Å². The third-order valence-electron chi connectivity index (χ3n) is 5.95. The van der Waals surface area contributed by atoms with Gasteiger partial charge in [0.25, 0.3) is 11.5 Å². The lowest BCUT2D eigenvalue weighted by molar-refractivity contribution is -0.117. The number of nitrogens with two attached hydrogens (primary N) is 1. The minimum Gasteiger partial charge on any atom is -0.383 e. The van der Waals surface area contributed by atoms with Crippen LogP contribution >= 0.6 is 0 Å². The Morgan fingerprint density at radius 1 is 1.06 bits per heavy atom. The van der Waals surface area contributed by atoms with Gasteiger partial charge in [0, 0.05) is 37.3 Å². The average Bonchev–Trinajstić information content (AvgIpc) is 3.23. The maximum absolute atomic E-state index is 13.5. The second-order valence-electron chi connectivity index (χ2n) is 8.36. The zero-order valence-corrected chi connectivity index (χ0v) is 19.4. The summed E-state index contributed by atoms with van der Waals surface area (Å²) in [6, 6.07) is 6.81. The molecule has 0 radical (unpaired) electrons. The van der Waals surface area contributed by atoms with E-state index >= 15 is 0 Å². The van der Waals surface area contributed by atoms with Crippen LogP contribution in [0.25, 0.3) is 0 Å². The van der Waals surface area contributed by atoms with Crippen LogP contribution in [0.2, 0.25) is 0 Å². The molecule has 3 rings (SSSR count). The SMILES string of the molecule is CCCCCN(C(=O)c1ccc(N2CCCC2=O)cc1)c1c(N)n(CCCC)c(=O)[nH]c1=O. The van der Waals surface area contributed by atoms with E-state index in [0.29, 0.717) is 38.0 Å². The number of hydrogen-bond donors (Lipinski definition) is 2. The van der Waals surface area contributed by atoms with E-state index in [4.69, 9.17) is 5.73 Å². The molecule has 1 fully saturated rings. The predicted octanol–water partition coefficient (Wildman–Crippen LogP) is 2.88. The highest BCUT2D eigenvalue weighted by molar-refractivity contribution is 6.07. The zero-order valence-electron chi connectivity index (χ0n) is 19.4. The number of carbonyl (C=O) groups excluding carboxylic acids is 2. The van der Waals surface area contributed by atoms with E-state index in [1.807, 2.05) is 6.92 Å². The van der Waals surface area contributed by atoms with Gasteiger partial charge in [-0.3, -0.25) is 23.9 Å². The van der Waals surface area contributed by atoms with Gasteiger partial charge in [0.15, 0.2) is 5.69 Å². The van der Waals surface area contributed by atoms with Gasteiger partial charge in [-0.15, -0.1) is 0 Å². The molecular formula is C24H33N5O4. The molecule has 0 aliphatic carbocycles. The molecule has 1 saturated heterocycles. The number of rotatable bonds is 10. The first-order valence-electron chi connectivity index (χ1n) is 11.7. The fraction of sp³-hybridized carbons (Fsp3) is 0.500. The molecule has 1 aliphatic heterocycles. The Balaban J connectivity index is 1.97. The molecule has 0 bridgehead atoms. The van der Waals surface area contributed by atoms with Gasteiger partial charge >= 0.3 is 5.69 Å². The molecule has 9 nitrogen and oxygen atoms in total. The van der Waals surface area contributed by atoms with Crippen molar-refractivity contribution in [1.82, 2.24) is 9.55 Å². The molecule has 178 valence electrons. The molecule has 1 aliphatic rings. The number of nitrogens with one attached hydrogen (secondary N) is 1. The lowest BCUT2D eigenvalue weighted by Gasteiger charge is -2.25. The Kier molecular flexibility index (Phi) is 8.08. The van der Waals surface area contributed by atoms with Crippen molar-refractivity contribution in [3.8, 4) is 0 Å². The smallest absolute Gasteiger partial charge is 0.330 e. The molecule has 1 aromatic heterocycles. The summed E-state index contributed by atoms with van der Waals surface area (Å²) >= 11 is 0. The summed E-state index contributed by atoms with van der Waals surface area (Å²) in [7, 11) is 0. The van der Waals surface area contributed by atoms with Crippen LogP contribution in [0.3, 0.4) is 0 Å². The summed E-state index contributed by atoms with van der Waals surface area (Å²) in [6.07, 6.45) is 5.44. The Labute approximate surface area is 193 Å². The number of aromatic nitrogens is 2. The number of hydrogen-bond acceptors (Lipinski definition) is 5. The summed E-state index contributed by atoms with van der Waals surface area (Å²) < 4.78 is 1.32. The van der Waals surface area contributed by atoms with Crippen molar-refractivity contribution in [2.24, 2.45) is 0 Å². The van der Waals surface area contributed by atoms with Crippen molar-refractivity contribution in [3.63, 3.8) is 0 Å². The van der Waals surface area contributed by atoms with Crippen molar-refractivity contribution in [3.05, 3.63) is 50.7 Å². The number of nitrogens with zero attached hydrogens (tertiary/aromatic N) is 3. The monoisotopic (exact) mass is 455 g/mol. The number of unbranched alkanes of at least 4 members (excludes halogenated alkanes) is 3. The van der Waals surface area contributed by atoms with E-state index in [2.05, 4.69) is 11.9 Å². The number of nitrogen functional groups attached to an aromatic ring is 1. The topological polar surface area (TPSA) is 121 Å². The van der Waals surface area contributed by atoms with E-state index in [1.165, 1.54) is 9.47 Å². The van der Waals surface area contributed by atoms with Crippen LogP contribution in [0.5, 0.6) is 0 Å². The number of anilines is 3. The Bertz CT molecular complexity index is 1100. The Hall–Kier alpha value is -3.36. The fourth-order valence-corrected chi connectivity index (χ4v) is 4.07. The molecule has 2 heterocycles. The van der Waals surface area contributed by atoms with E-state index < -0.39 is 11.2 Å². The second-order valence-corrected chi connectivity index (χ2v) is 8.36. The third-order valence-corrected chi connectivity index (χ3v) is 5.95. The molecule has 0 spiro atoms. The van der Waals surface area contributed by atoms with Crippen LogP contribution in [-0.2, 0) is 11.3 Å². The van der Waals surface area contributed by atoms with E-state index in [-0.39, 0.29) is 23.3 Å². The zero-order chi connectivity index (χ0) is 24.0. The number of H-pyrrole nitrogens is 1. The van der Waals surface area contributed by atoms with E-state index in [1.54, 1.807) is 29.2 Å². The highest BCUT2D eigenvalue weighted by atomic mass is 16.2. The van der Waals surface area contributed by atoms with Gasteiger partial charge < -0.3 is 15.5 Å². The van der Waals surface area contributed by atoms with Gasteiger partial charge in [-0.2, -0.15) is 0 Å². The molecule has 9 heteroatoms. The largest absolute Gasteiger partial charge is 0.383 e. The molecule has 3 N–H and O–H groups in total. The summed E-state index contributed by atoms with van der Waals surface area (Å²) in [4.78, 5) is 56.0. The number of carbonyl (C=O) groups is 2. The minimum atomic E-state index is -0.672. The fourth-order valence-electron chi connectivity index (χ4n) is 4.07. The number of benzene rings is 1. The number of aromatic amines is 1. The summed E-state index contributed by atoms with van der Waals surface area (Å²) in [5, 5.41) is 0. The Morgan fingerprint density at radius 3 is 2.36 bits per heavy atom. The lowest BCUT2D eigenvalue weighted by atomic mass is 10.1. The molecule has 2 aromatic rings. The first kappa shape index (κ1) is 24.3. The van der Waals surface area contributed by atoms with Crippen LogP contribution < -0.4 is 26.8 Å². The second kappa shape index (κ2) is 11.0. The third kappa shape index (κ3) is 5.35. The maximum atomic E-state index is 13.5. The molecule has 0 saturated carbocycles. The van der Waals surface area contributed by atoms with Crippen molar-refractivity contribution in [2.45, 2.75) is 65.3 Å². The average molecular weight is 456 g/mol. The molecule has 2 amide bonds. The normalized spacial score (nSPS) is 13.5. The standard InChI is InChI=1S/C24H33N5O4/c1-3-5-7-15-28(20-21(25)29(14-6-4-2)24(33)26-22(20)31)23(32)17-10-12-18(13-11-17)27-16-8-9-19(27)30/h10-13H,3-9,14-16,25H2,1-2H3,(H,26,31,33). The van der Waals surface area contributed by atoms with Crippen molar-refractivity contribution < 1.29 is 9.59 Å². The van der Waals surface area contributed by atoms with Crippen molar-refractivity contribution in [1.29, 1.82) is 0 Å². The van der Waals surface area contributed by atoms with Crippen LogP contribution in [0.1, 0.15) is 69.2 Å². The van der Waals surface area contributed by atoms with Crippen molar-refractivity contribution in [2.75, 3.05) is 28.6 Å². The van der Waals surface area contributed by atoms with Gasteiger partial charge in [0.2, 0.25) is 5.91 Å². The summed E-state index contributed by atoms with van der Waals surface area (Å²) in [5.41, 5.74) is 6.16. The van der Waals surface area contributed by atoms with Crippen LogP contribution in [0.15, 0.2) is 33.9 Å².